The molecule has 1 rings (SSSR count). The van der Waals surface area contributed by atoms with Crippen LogP contribution in [0, 0.1) is 13.8 Å². The molecule has 3 nitrogen and oxygen atoms in total. The fourth-order valence-corrected chi connectivity index (χ4v) is 1.93. The number of carboxylic acids is 1. The van der Waals surface area contributed by atoms with Crippen molar-refractivity contribution in [3.8, 4) is 0 Å². The molecule has 0 radical (unpaired) electrons. The predicted octanol–water partition coefficient (Wildman–Crippen LogP) is 2.99. The number of rotatable bonds is 6. The Balaban J connectivity index is 2.46. The molecule has 0 fully saturated rings. The van der Waals surface area contributed by atoms with Crippen molar-refractivity contribution in [3.63, 3.8) is 0 Å². The fraction of sp³-hybridized carbons (Fsp3) is 0.500. The van der Waals surface area contributed by atoms with Gasteiger partial charge < -0.3 is 10.0 Å². The summed E-state index contributed by atoms with van der Waals surface area (Å²) in [6.07, 6.45) is 1.92. The summed E-state index contributed by atoms with van der Waals surface area (Å²) in [7, 11) is 2.05. The molecule has 0 aliphatic heterocycles. The third-order valence-electron chi connectivity index (χ3n) is 2.78. The maximum absolute atomic E-state index is 10.4. The van der Waals surface area contributed by atoms with Crippen LogP contribution in [-0.4, -0.2) is 24.7 Å². The lowest BCUT2D eigenvalue weighted by Crippen LogP contribution is -2.18. The van der Waals surface area contributed by atoms with Crippen molar-refractivity contribution >= 4 is 11.7 Å². The standard InChI is InChI=1S/C14H21NO2/c1-11-8-12(2)10-13(9-11)15(3)7-5-4-6-14(16)17/h8-10H,4-7H2,1-3H3,(H,16,17). The van der Waals surface area contributed by atoms with Crippen molar-refractivity contribution in [3.05, 3.63) is 29.3 Å². The summed E-state index contributed by atoms with van der Waals surface area (Å²) in [6.45, 7) is 5.08. The number of anilines is 1. The molecule has 0 aliphatic rings. The molecule has 0 saturated heterocycles. The largest absolute Gasteiger partial charge is 0.481 e. The van der Waals surface area contributed by atoms with Crippen molar-refractivity contribution in [1.29, 1.82) is 0 Å². The van der Waals surface area contributed by atoms with E-state index in [2.05, 4.69) is 44.0 Å². The molecule has 17 heavy (non-hydrogen) atoms. The first-order valence-electron chi connectivity index (χ1n) is 6.00. The number of aliphatic carboxylic acids is 1. The number of carboxylic acid groups (broad SMARTS) is 1. The molecule has 0 spiro atoms. The first kappa shape index (κ1) is 13.6. The molecule has 0 unspecified atom stereocenters. The lowest BCUT2D eigenvalue weighted by atomic mass is 10.1. The van der Waals surface area contributed by atoms with Crippen LogP contribution in [0.1, 0.15) is 30.4 Å². The molecule has 0 aromatic heterocycles. The third-order valence-corrected chi connectivity index (χ3v) is 2.78. The normalized spacial score (nSPS) is 10.3. The molecule has 0 bridgehead atoms. The van der Waals surface area contributed by atoms with E-state index in [1.807, 2.05) is 0 Å². The topological polar surface area (TPSA) is 40.5 Å². The summed E-state index contributed by atoms with van der Waals surface area (Å²) in [5.74, 6) is -0.709. The zero-order chi connectivity index (χ0) is 12.8. The van der Waals surface area contributed by atoms with Crippen molar-refractivity contribution in [2.75, 3.05) is 18.5 Å². The van der Waals surface area contributed by atoms with Crippen LogP contribution in [-0.2, 0) is 4.79 Å². The first-order chi connectivity index (χ1) is 7.99. The van der Waals surface area contributed by atoms with Crippen LogP contribution in [0.5, 0.6) is 0 Å². The van der Waals surface area contributed by atoms with E-state index in [-0.39, 0.29) is 6.42 Å². The highest BCUT2D eigenvalue weighted by Crippen LogP contribution is 2.17. The van der Waals surface area contributed by atoms with Crippen LogP contribution < -0.4 is 4.90 Å². The lowest BCUT2D eigenvalue weighted by Gasteiger charge is -2.20. The summed E-state index contributed by atoms with van der Waals surface area (Å²) >= 11 is 0. The Morgan fingerprint density at radius 3 is 2.29 bits per heavy atom. The van der Waals surface area contributed by atoms with E-state index in [1.165, 1.54) is 16.8 Å². The molecular weight excluding hydrogens is 214 g/mol. The van der Waals surface area contributed by atoms with Gasteiger partial charge in [0.05, 0.1) is 0 Å². The minimum Gasteiger partial charge on any atom is -0.481 e. The van der Waals surface area contributed by atoms with Crippen LogP contribution in [0.3, 0.4) is 0 Å². The van der Waals surface area contributed by atoms with E-state index >= 15 is 0 Å². The molecular formula is C14H21NO2. The number of nitrogens with zero attached hydrogens (tertiary/aromatic N) is 1. The second-order valence-electron chi connectivity index (χ2n) is 4.62. The quantitative estimate of drug-likeness (QED) is 0.771. The maximum atomic E-state index is 10.4. The molecule has 3 heteroatoms. The van der Waals surface area contributed by atoms with Gasteiger partial charge in [0, 0.05) is 25.7 Å². The van der Waals surface area contributed by atoms with Gasteiger partial charge in [-0.05, 0) is 49.9 Å². The second-order valence-corrected chi connectivity index (χ2v) is 4.62. The molecule has 0 aliphatic carbocycles. The van der Waals surface area contributed by atoms with Crippen LogP contribution >= 0.6 is 0 Å². The van der Waals surface area contributed by atoms with Gasteiger partial charge >= 0.3 is 5.97 Å². The number of hydrogen-bond donors (Lipinski definition) is 1. The zero-order valence-corrected chi connectivity index (χ0v) is 10.9. The zero-order valence-electron chi connectivity index (χ0n) is 10.9. The van der Waals surface area contributed by atoms with Crippen LogP contribution in [0.15, 0.2) is 18.2 Å². The molecule has 0 atom stereocenters. The average Bonchev–Trinajstić information content (AvgIpc) is 2.22. The van der Waals surface area contributed by atoms with E-state index in [0.717, 1.165) is 19.4 Å². The van der Waals surface area contributed by atoms with E-state index in [1.54, 1.807) is 0 Å². The summed E-state index contributed by atoms with van der Waals surface area (Å²) in [5.41, 5.74) is 3.73. The smallest absolute Gasteiger partial charge is 0.303 e. The van der Waals surface area contributed by atoms with E-state index in [9.17, 15) is 4.79 Å². The number of unbranched alkanes of at least 4 members (excludes halogenated alkanes) is 1. The van der Waals surface area contributed by atoms with Crippen molar-refractivity contribution in [2.45, 2.75) is 33.1 Å². The Labute approximate surface area is 103 Å². The van der Waals surface area contributed by atoms with Gasteiger partial charge in [-0.15, -0.1) is 0 Å². The van der Waals surface area contributed by atoms with E-state index in [0.29, 0.717) is 0 Å². The van der Waals surface area contributed by atoms with E-state index < -0.39 is 5.97 Å². The van der Waals surface area contributed by atoms with Gasteiger partial charge in [-0.25, -0.2) is 0 Å². The van der Waals surface area contributed by atoms with Gasteiger partial charge in [-0.2, -0.15) is 0 Å². The summed E-state index contributed by atoms with van der Waals surface area (Å²) in [5, 5.41) is 8.55. The number of benzene rings is 1. The predicted molar refractivity (Wildman–Crippen MR) is 70.7 cm³/mol. The van der Waals surface area contributed by atoms with Crippen LogP contribution in [0.2, 0.25) is 0 Å². The summed E-state index contributed by atoms with van der Waals surface area (Å²) in [6, 6.07) is 6.47. The molecule has 0 heterocycles. The highest BCUT2D eigenvalue weighted by molar-refractivity contribution is 5.66. The van der Waals surface area contributed by atoms with Gasteiger partial charge in [0.15, 0.2) is 0 Å². The molecule has 0 amide bonds. The van der Waals surface area contributed by atoms with Crippen molar-refractivity contribution in [2.24, 2.45) is 0 Å². The Hall–Kier alpha value is -1.51. The molecule has 0 saturated carbocycles. The molecule has 1 aromatic rings. The van der Waals surface area contributed by atoms with Gasteiger partial charge in [0.2, 0.25) is 0 Å². The molecule has 1 aromatic carbocycles. The fourth-order valence-electron chi connectivity index (χ4n) is 1.93. The van der Waals surface area contributed by atoms with Gasteiger partial charge in [-0.3, -0.25) is 4.79 Å². The summed E-state index contributed by atoms with van der Waals surface area (Å²) in [4.78, 5) is 12.6. The summed E-state index contributed by atoms with van der Waals surface area (Å²) < 4.78 is 0. The van der Waals surface area contributed by atoms with E-state index in [4.69, 9.17) is 5.11 Å². The Bertz CT molecular complexity index is 368. The monoisotopic (exact) mass is 235 g/mol. The number of aryl methyl sites for hydroxylation is 2. The first-order valence-corrected chi connectivity index (χ1v) is 6.00. The number of carbonyl (C=O) groups is 1. The highest BCUT2D eigenvalue weighted by Gasteiger charge is 2.03. The molecule has 94 valence electrons. The van der Waals surface area contributed by atoms with Crippen LogP contribution in [0.25, 0.3) is 0 Å². The second kappa shape index (κ2) is 6.28. The maximum Gasteiger partial charge on any atom is 0.303 e. The minimum atomic E-state index is -0.709. The van der Waals surface area contributed by atoms with Gasteiger partial charge in [0.1, 0.15) is 0 Å². The Kier molecular flexibility index (Phi) is 5.01. The lowest BCUT2D eigenvalue weighted by molar-refractivity contribution is -0.137. The number of hydrogen-bond acceptors (Lipinski definition) is 2. The highest BCUT2D eigenvalue weighted by atomic mass is 16.4. The Morgan fingerprint density at radius 2 is 1.76 bits per heavy atom. The Morgan fingerprint density at radius 1 is 1.18 bits per heavy atom. The van der Waals surface area contributed by atoms with Crippen molar-refractivity contribution < 1.29 is 9.90 Å². The third kappa shape index (κ3) is 4.89. The SMILES string of the molecule is Cc1cc(C)cc(N(C)CCCCC(=O)O)c1. The average molecular weight is 235 g/mol. The minimum absolute atomic E-state index is 0.265. The van der Waals surface area contributed by atoms with Gasteiger partial charge in [0.25, 0.3) is 0 Å². The van der Waals surface area contributed by atoms with Gasteiger partial charge in [-0.1, -0.05) is 6.07 Å². The molecule has 1 N–H and O–H groups in total. The van der Waals surface area contributed by atoms with Crippen LogP contribution in [0.4, 0.5) is 5.69 Å². The van der Waals surface area contributed by atoms with Crippen molar-refractivity contribution in [1.82, 2.24) is 0 Å².